The maximum absolute atomic E-state index is 14.2. The Kier molecular flexibility index (Phi) is 10.6. The number of benzene rings is 2. The lowest BCUT2D eigenvalue weighted by Gasteiger charge is -2.53. The summed E-state index contributed by atoms with van der Waals surface area (Å²) in [5, 5.41) is 3.86. The van der Waals surface area contributed by atoms with Crippen molar-refractivity contribution in [2.75, 3.05) is 13.7 Å². The summed E-state index contributed by atoms with van der Waals surface area (Å²) in [6, 6.07) is 15.3. The number of unbranched alkanes of at least 4 members (excludes halogenated alkanes) is 1. The van der Waals surface area contributed by atoms with Gasteiger partial charge in [-0.15, -0.1) is 0 Å². The Balaban J connectivity index is 1.59. The van der Waals surface area contributed by atoms with E-state index in [9.17, 15) is 14.4 Å². The van der Waals surface area contributed by atoms with Crippen molar-refractivity contribution in [2.45, 2.75) is 78.6 Å². The smallest absolute Gasteiger partial charge is 0.320 e. The number of ether oxygens (including phenoxy) is 2. The van der Waals surface area contributed by atoms with Gasteiger partial charge in [0, 0.05) is 34.6 Å². The molecule has 0 radical (unpaired) electrons. The van der Waals surface area contributed by atoms with Crippen LogP contribution in [-0.2, 0) is 36.8 Å². The Hall–Kier alpha value is -2.87. The van der Waals surface area contributed by atoms with Crippen LogP contribution in [0.25, 0.3) is 0 Å². The molecule has 2 aliphatic heterocycles. The lowest BCUT2D eigenvalue weighted by molar-refractivity contribution is -0.180. The first-order valence-electron chi connectivity index (χ1n) is 14.9. The number of piperidine rings is 1. The van der Waals surface area contributed by atoms with Gasteiger partial charge in [0.2, 0.25) is 11.8 Å². The van der Waals surface area contributed by atoms with Gasteiger partial charge in [0.05, 0.1) is 25.9 Å². The van der Waals surface area contributed by atoms with E-state index in [0.717, 1.165) is 19.3 Å². The number of carbonyl (C=O) groups is 3. The standard InChI is InChI=1S/C34H42Cl2N2O5/c1-22-34(32(41)42-5)20-25(17-30(39)37-16-10-9-13-23-11-7-6-8-12-23)31(40)38(21-24-14-15-26(35)18-27(24)36)28(34)19-29(43-22)33(2,3)4/h6-8,11-12,14-15,18-19,22,25,29H,9-10,13,16-17,20-21H2,1-5H3,(H,37,39)/t22-,25+,29-,34+/m1/s1. The van der Waals surface area contributed by atoms with Gasteiger partial charge in [-0.05, 0) is 67.4 Å². The molecule has 1 fully saturated rings. The van der Waals surface area contributed by atoms with Gasteiger partial charge in [-0.25, -0.2) is 0 Å². The fourth-order valence-corrected chi connectivity index (χ4v) is 6.52. The van der Waals surface area contributed by atoms with Crippen LogP contribution in [0.15, 0.2) is 60.3 Å². The van der Waals surface area contributed by atoms with Gasteiger partial charge in [0.15, 0.2) is 0 Å². The number of nitrogens with one attached hydrogen (secondary N) is 1. The quantitative estimate of drug-likeness (QED) is 0.232. The first kappa shape index (κ1) is 33.0. The average Bonchev–Trinajstić information content (AvgIpc) is 2.96. The number of nitrogens with zero attached hydrogens (tertiary/aromatic N) is 1. The first-order valence-corrected chi connectivity index (χ1v) is 15.6. The topological polar surface area (TPSA) is 84.9 Å². The molecular weight excluding hydrogens is 587 g/mol. The van der Waals surface area contributed by atoms with Crippen molar-refractivity contribution in [1.29, 1.82) is 0 Å². The molecule has 4 atom stereocenters. The van der Waals surface area contributed by atoms with Crippen LogP contribution in [0.3, 0.4) is 0 Å². The number of hydrogen-bond acceptors (Lipinski definition) is 5. The van der Waals surface area contributed by atoms with Crippen molar-refractivity contribution in [3.05, 3.63) is 81.5 Å². The van der Waals surface area contributed by atoms with Crippen LogP contribution in [-0.4, -0.2) is 48.5 Å². The number of hydrogen-bond donors (Lipinski definition) is 1. The third-order valence-electron chi connectivity index (χ3n) is 8.52. The van der Waals surface area contributed by atoms with Gasteiger partial charge in [-0.3, -0.25) is 14.4 Å². The highest BCUT2D eigenvalue weighted by atomic mass is 35.5. The van der Waals surface area contributed by atoms with Crippen LogP contribution in [0.2, 0.25) is 10.0 Å². The predicted molar refractivity (Wildman–Crippen MR) is 168 cm³/mol. The van der Waals surface area contributed by atoms with E-state index in [2.05, 4.69) is 17.4 Å². The van der Waals surface area contributed by atoms with Crippen molar-refractivity contribution >= 4 is 41.0 Å². The van der Waals surface area contributed by atoms with E-state index in [1.807, 2.05) is 52.0 Å². The second-order valence-electron chi connectivity index (χ2n) is 12.6. The van der Waals surface area contributed by atoms with Crippen LogP contribution in [0.5, 0.6) is 0 Å². The van der Waals surface area contributed by atoms with E-state index in [1.54, 1.807) is 23.1 Å². The minimum Gasteiger partial charge on any atom is -0.468 e. The summed E-state index contributed by atoms with van der Waals surface area (Å²) in [5.74, 6) is -1.72. The Bertz CT molecular complexity index is 1360. The van der Waals surface area contributed by atoms with E-state index in [1.165, 1.54) is 12.7 Å². The summed E-state index contributed by atoms with van der Waals surface area (Å²) in [6.45, 7) is 8.60. The third-order valence-corrected chi connectivity index (χ3v) is 9.11. The van der Waals surface area contributed by atoms with Gasteiger partial charge in [0.25, 0.3) is 0 Å². The highest BCUT2D eigenvalue weighted by Crippen LogP contribution is 2.52. The fourth-order valence-electron chi connectivity index (χ4n) is 6.05. The molecule has 0 bridgehead atoms. The Morgan fingerprint density at radius 2 is 1.84 bits per heavy atom. The summed E-state index contributed by atoms with van der Waals surface area (Å²) in [6.07, 6.45) is 3.65. The Morgan fingerprint density at radius 1 is 1.12 bits per heavy atom. The second kappa shape index (κ2) is 13.8. The number of amides is 2. The molecule has 0 unspecified atom stereocenters. The molecule has 2 amide bonds. The lowest BCUT2D eigenvalue weighted by atomic mass is 9.65. The zero-order valence-electron chi connectivity index (χ0n) is 25.6. The number of rotatable bonds is 10. The fraction of sp³-hybridized carbons (Fsp3) is 0.500. The summed E-state index contributed by atoms with van der Waals surface area (Å²) < 4.78 is 11.8. The van der Waals surface area contributed by atoms with E-state index in [4.69, 9.17) is 32.7 Å². The van der Waals surface area contributed by atoms with Gasteiger partial charge in [0.1, 0.15) is 5.41 Å². The maximum atomic E-state index is 14.2. The SMILES string of the molecule is COC(=O)[C@]12C[C@H](CC(=O)NCCCCc3ccccc3)C(=O)N(Cc3ccc(Cl)cc3Cl)C1=C[C@H](C(C)(C)C)O[C@@H]2C. The molecule has 0 spiro atoms. The molecule has 0 saturated carbocycles. The molecule has 4 rings (SSSR count). The molecule has 1 N–H and O–H groups in total. The van der Waals surface area contributed by atoms with Gasteiger partial charge >= 0.3 is 5.97 Å². The maximum Gasteiger partial charge on any atom is 0.320 e. The van der Waals surface area contributed by atoms with Crippen molar-refractivity contribution < 1.29 is 23.9 Å². The minimum absolute atomic E-state index is 0.0518. The molecule has 232 valence electrons. The number of esters is 1. The molecule has 2 aromatic rings. The molecule has 2 aliphatic rings. The Labute approximate surface area is 264 Å². The number of carbonyl (C=O) groups excluding carboxylic acids is 3. The number of aryl methyl sites for hydroxylation is 1. The van der Waals surface area contributed by atoms with Gasteiger partial charge in [-0.2, -0.15) is 0 Å². The molecule has 2 heterocycles. The van der Waals surface area contributed by atoms with E-state index in [-0.39, 0.29) is 42.7 Å². The third kappa shape index (κ3) is 7.44. The number of halogens is 2. The zero-order valence-corrected chi connectivity index (χ0v) is 27.1. The number of likely N-dealkylation sites (tertiary alicyclic amines) is 1. The monoisotopic (exact) mass is 628 g/mol. The van der Waals surface area contributed by atoms with Gasteiger partial charge in [-0.1, -0.05) is 80.4 Å². The molecule has 7 nitrogen and oxygen atoms in total. The second-order valence-corrected chi connectivity index (χ2v) is 13.5. The van der Waals surface area contributed by atoms with Crippen LogP contribution in [0.1, 0.15) is 64.5 Å². The normalized spacial score (nSPS) is 23.8. The van der Waals surface area contributed by atoms with Crippen molar-refractivity contribution in [2.24, 2.45) is 16.7 Å². The van der Waals surface area contributed by atoms with Crippen molar-refractivity contribution in [1.82, 2.24) is 10.2 Å². The average molecular weight is 630 g/mol. The molecular formula is C34H42Cl2N2O5. The predicted octanol–water partition coefficient (Wildman–Crippen LogP) is 6.75. The lowest BCUT2D eigenvalue weighted by Crippen LogP contribution is -2.61. The van der Waals surface area contributed by atoms with Gasteiger partial charge < -0.3 is 19.7 Å². The number of fused-ring (bicyclic) bond motifs is 1. The number of methoxy groups -OCH3 is 1. The largest absolute Gasteiger partial charge is 0.468 e. The van der Waals surface area contributed by atoms with Crippen LogP contribution >= 0.6 is 23.2 Å². The van der Waals surface area contributed by atoms with E-state index in [0.29, 0.717) is 27.9 Å². The van der Waals surface area contributed by atoms with Crippen LogP contribution < -0.4 is 5.32 Å². The van der Waals surface area contributed by atoms with Crippen molar-refractivity contribution in [3.63, 3.8) is 0 Å². The highest BCUT2D eigenvalue weighted by molar-refractivity contribution is 6.35. The molecule has 1 saturated heterocycles. The molecule has 2 aromatic carbocycles. The van der Waals surface area contributed by atoms with Crippen LogP contribution in [0.4, 0.5) is 0 Å². The Morgan fingerprint density at radius 3 is 2.49 bits per heavy atom. The molecule has 9 heteroatoms. The summed E-state index contributed by atoms with van der Waals surface area (Å²) in [4.78, 5) is 42.6. The zero-order chi connectivity index (χ0) is 31.4. The minimum atomic E-state index is -1.27. The molecule has 0 aromatic heterocycles. The van der Waals surface area contributed by atoms with E-state index >= 15 is 0 Å². The first-order chi connectivity index (χ1) is 20.4. The highest BCUT2D eigenvalue weighted by Gasteiger charge is 2.60. The van der Waals surface area contributed by atoms with Crippen molar-refractivity contribution in [3.8, 4) is 0 Å². The summed E-state index contributed by atoms with van der Waals surface area (Å²) >= 11 is 12.7. The molecule has 43 heavy (non-hydrogen) atoms. The van der Waals surface area contributed by atoms with E-state index < -0.39 is 23.4 Å². The summed E-state index contributed by atoms with van der Waals surface area (Å²) in [7, 11) is 1.34. The van der Waals surface area contributed by atoms with Crippen LogP contribution in [0, 0.1) is 16.7 Å². The molecule has 0 aliphatic carbocycles. The summed E-state index contributed by atoms with van der Waals surface area (Å²) in [5.41, 5.74) is 0.898.